The van der Waals surface area contributed by atoms with E-state index >= 15 is 0 Å². The second-order valence-electron chi connectivity index (χ2n) is 4.23. The van der Waals surface area contributed by atoms with Crippen LogP contribution in [0.4, 0.5) is 5.69 Å². The third-order valence-corrected chi connectivity index (χ3v) is 3.05. The second kappa shape index (κ2) is 5.39. The van der Waals surface area contributed by atoms with Crippen LogP contribution in [-0.2, 0) is 16.1 Å². The van der Waals surface area contributed by atoms with E-state index in [0.717, 1.165) is 12.8 Å². The molecule has 1 aromatic rings. The highest BCUT2D eigenvalue weighted by Crippen LogP contribution is 2.30. The summed E-state index contributed by atoms with van der Waals surface area (Å²) >= 11 is 5.89. The highest BCUT2D eigenvalue weighted by atomic mass is 35.5. The maximum Gasteiger partial charge on any atom is 0.325 e. The summed E-state index contributed by atoms with van der Waals surface area (Å²) in [6, 6.07) is 0. The van der Waals surface area contributed by atoms with Crippen molar-refractivity contribution in [2.45, 2.75) is 19.4 Å². The van der Waals surface area contributed by atoms with Gasteiger partial charge in [-0.15, -0.1) is 0 Å². The van der Waals surface area contributed by atoms with E-state index in [9.17, 15) is 9.59 Å². The van der Waals surface area contributed by atoms with Gasteiger partial charge in [0, 0.05) is 6.54 Å². The zero-order chi connectivity index (χ0) is 13.1. The number of nitrogens with zero attached hydrogens (tertiary/aromatic N) is 2. The van der Waals surface area contributed by atoms with Crippen LogP contribution in [0.5, 0.6) is 0 Å². The van der Waals surface area contributed by atoms with Gasteiger partial charge in [-0.2, -0.15) is 5.10 Å². The molecule has 0 aliphatic heterocycles. The van der Waals surface area contributed by atoms with Crippen LogP contribution >= 0.6 is 11.6 Å². The van der Waals surface area contributed by atoms with Gasteiger partial charge in [0.1, 0.15) is 12.2 Å². The highest BCUT2D eigenvalue weighted by Gasteiger charge is 2.23. The Morgan fingerprint density at radius 1 is 1.67 bits per heavy atom. The number of carbonyl (C=O) groups excluding carboxylic acids is 1. The summed E-state index contributed by atoms with van der Waals surface area (Å²) in [5.41, 5.74) is -0.115. The Morgan fingerprint density at radius 3 is 3.00 bits per heavy atom. The summed E-state index contributed by atoms with van der Waals surface area (Å²) in [5, 5.41) is 6.87. The smallest absolute Gasteiger partial charge is 0.325 e. The summed E-state index contributed by atoms with van der Waals surface area (Å²) in [6.45, 7) is 0.502. The molecule has 0 saturated heterocycles. The Kier molecular flexibility index (Phi) is 3.86. The molecule has 1 fully saturated rings. The summed E-state index contributed by atoms with van der Waals surface area (Å²) in [5.74, 6) is 0.0702. The number of rotatable bonds is 5. The molecule has 7 heteroatoms. The summed E-state index contributed by atoms with van der Waals surface area (Å²) in [6.07, 6.45) is 3.66. The predicted octanol–water partition coefficient (Wildman–Crippen LogP) is 0.892. The van der Waals surface area contributed by atoms with E-state index < -0.39 is 5.97 Å². The van der Waals surface area contributed by atoms with Gasteiger partial charge in [-0.05, 0) is 18.8 Å². The number of hydrogen-bond donors (Lipinski definition) is 1. The van der Waals surface area contributed by atoms with Crippen molar-refractivity contribution in [1.82, 2.24) is 9.78 Å². The van der Waals surface area contributed by atoms with Crippen molar-refractivity contribution in [3.63, 3.8) is 0 Å². The van der Waals surface area contributed by atoms with Gasteiger partial charge in [0.25, 0.3) is 5.56 Å². The highest BCUT2D eigenvalue weighted by molar-refractivity contribution is 6.33. The average Bonchev–Trinajstić information content (AvgIpc) is 3.16. The number of ether oxygens (including phenoxy) is 1. The molecule has 0 aromatic carbocycles. The molecule has 18 heavy (non-hydrogen) atoms. The molecule has 98 valence electrons. The van der Waals surface area contributed by atoms with E-state index in [1.807, 2.05) is 0 Å². The molecule has 1 aromatic heterocycles. The van der Waals surface area contributed by atoms with Crippen molar-refractivity contribution in [2.24, 2.45) is 5.92 Å². The molecular weight excluding hydrogens is 258 g/mol. The Morgan fingerprint density at radius 2 is 2.39 bits per heavy atom. The molecule has 1 N–H and O–H groups in total. The molecule has 0 radical (unpaired) electrons. The van der Waals surface area contributed by atoms with Crippen LogP contribution in [0, 0.1) is 5.92 Å². The van der Waals surface area contributed by atoms with E-state index in [1.165, 1.54) is 18.0 Å². The number of hydrogen-bond acceptors (Lipinski definition) is 5. The van der Waals surface area contributed by atoms with Crippen LogP contribution in [0.15, 0.2) is 11.0 Å². The van der Waals surface area contributed by atoms with Crippen molar-refractivity contribution in [1.29, 1.82) is 0 Å². The lowest BCUT2D eigenvalue weighted by atomic mass is 10.4. The molecule has 0 unspecified atom stereocenters. The van der Waals surface area contributed by atoms with Gasteiger partial charge in [-0.3, -0.25) is 9.59 Å². The fourth-order valence-corrected chi connectivity index (χ4v) is 1.73. The summed E-state index contributed by atoms with van der Waals surface area (Å²) in [4.78, 5) is 23.1. The van der Waals surface area contributed by atoms with Crippen molar-refractivity contribution in [2.75, 3.05) is 19.0 Å². The molecule has 0 amide bonds. The quantitative estimate of drug-likeness (QED) is 0.805. The minimum absolute atomic E-state index is 0.0983. The minimum atomic E-state index is -0.462. The SMILES string of the molecule is COC(=O)CNc1c(Cl)cnn(CC2CC2)c1=O. The summed E-state index contributed by atoms with van der Waals surface area (Å²) < 4.78 is 5.87. The molecule has 0 atom stereocenters. The largest absolute Gasteiger partial charge is 0.468 e. The van der Waals surface area contributed by atoms with Crippen molar-refractivity contribution < 1.29 is 9.53 Å². The third kappa shape index (κ3) is 3.01. The molecule has 6 nitrogen and oxygen atoms in total. The van der Waals surface area contributed by atoms with Gasteiger partial charge in [-0.25, -0.2) is 4.68 Å². The molecule has 0 bridgehead atoms. The molecule has 1 aliphatic carbocycles. The Hall–Kier alpha value is -1.56. The van der Waals surface area contributed by atoms with E-state index in [1.54, 1.807) is 0 Å². The van der Waals surface area contributed by atoms with Crippen molar-refractivity contribution in [3.05, 3.63) is 21.6 Å². The first kappa shape index (κ1) is 12.9. The first-order chi connectivity index (χ1) is 8.61. The lowest BCUT2D eigenvalue weighted by Crippen LogP contribution is -2.28. The van der Waals surface area contributed by atoms with Gasteiger partial charge in [0.15, 0.2) is 0 Å². The number of nitrogens with one attached hydrogen (secondary N) is 1. The number of halogens is 1. The van der Waals surface area contributed by atoms with Crippen molar-refractivity contribution in [3.8, 4) is 0 Å². The fourth-order valence-electron chi connectivity index (χ4n) is 1.54. The van der Waals surface area contributed by atoms with Crippen LogP contribution in [0.1, 0.15) is 12.8 Å². The number of esters is 1. The van der Waals surface area contributed by atoms with Crippen LogP contribution in [0.2, 0.25) is 5.02 Å². The Balaban J connectivity index is 2.16. The monoisotopic (exact) mass is 271 g/mol. The van der Waals surface area contributed by atoms with E-state index in [4.69, 9.17) is 11.6 Å². The number of anilines is 1. The predicted molar refractivity (Wildman–Crippen MR) is 66.7 cm³/mol. The zero-order valence-corrected chi connectivity index (χ0v) is 10.7. The zero-order valence-electron chi connectivity index (χ0n) is 9.98. The maximum atomic E-state index is 12.1. The van der Waals surface area contributed by atoms with Gasteiger partial charge in [0.05, 0.1) is 18.3 Å². The van der Waals surface area contributed by atoms with Crippen molar-refractivity contribution >= 4 is 23.3 Å². The Labute approximate surface area is 109 Å². The standard InChI is InChI=1S/C11H14ClN3O3/c1-18-9(16)5-13-10-8(12)4-14-15(11(10)17)6-7-2-3-7/h4,7,13H,2-3,5-6H2,1H3. The first-order valence-electron chi connectivity index (χ1n) is 5.68. The van der Waals surface area contributed by atoms with Crippen LogP contribution < -0.4 is 10.9 Å². The minimum Gasteiger partial charge on any atom is -0.468 e. The third-order valence-electron chi connectivity index (χ3n) is 2.76. The van der Waals surface area contributed by atoms with E-state index in [-0.39, 0.29) is 22.8 Å². The van der Waals surface area contributed by atoms with E-state index in [2.05, 4.69) is 15.2 Å². The molecule has 0 spiro atoms. The second-order valence-corrected chi connectivity index (χ2v) is 4.64. The normalized spacial score (nSPS) is 14.3. The number of methoxy groups -OCH3 is 1. The molecular formula is C11H14ClN3O3. The van der Waals surface area contributed by atoms with Gasteiger partial charge in [-0.1, -0.05) is 11.6 Å². The molecule has 1 heterocycles. The maximum absolute atomic E-state index is 12.1. The molecule has 1 aliphatic rings. The topological polar surface area (TPSA) is 73.2 Å². The Bertz CT molecular complexity index is 511. The van der Waals surface area contributed by atoms with Crippen LogP contribution in [0.25, 0.3) is 0 Å². The lowest BCUT2D eigenvalue weighted by Gasteiger charge is -2.09. The molecule has 1 saturated carbocycles. The van der Waals surface area contributed by atoms with Crippen LogP contribution in [-0.4, -0.2) is 29.4 Å². The fraction of sp³-hybridized carbons (Fsp3) is 0.545. The average molecular weight is 272 g/mol. The van der Waals surface area contributed by atoms with Crippen LogP contribution in [0.3, 0.4) is 0 Å². The number of aromatic nitrogens is 2. The van der Waals surface area contributed by atoms with Gasteiger partial charge in [0.2, 0.25) is 0 Å². The van der Waals surface area contributed by atoms with E-state index in [0.29, 0.717) is 12.5 Å². The van der Waals surface area contributed by atoms with Gasteiger partial charge < -0.3 is 10.1 Å². The first-order valence-corrected chi connectivity index (χ1v) is 6.06. The van der Waals surface area contributed by atoms with Gasteiger partial charge >= 0.3 is 5.97 Å². The lowest BCUT2D eigenvalue weighted by molar-refractivity contribution is -0.138. The molecule has 2 rings (SSSR count). The number of carbonyl (C=O) groups is 1. The summed E-state index contributed by atoms with van der Waals surface area (Å²) in [7, 11) is 1.28.